The summed E-state index contributed by atoms with van der Waals surface area (Å²) in [5.74, 6) is 0.101. The van der Waals surface area contributed by atoms with E-state index in [9.17, 15) is 13.6 Å². The lowest BCUT2D eigenvalue weighted by Gasteiger charge is -2.37. The van der Waals surface area contributed by atoms with Crippen LogP contribution in [0.5, 0.6) is 0 Å². The minimum atomic E-state index is -2.57. The number of imidazole rings is 1. The smallest absolute Gasteiger partial charge is 0.369 e. The number of carbonyl (C=O) groups excluding carboxylic acids is 1. The summed E-state index contributed by atoms with van der Waals surface area (Å²) in [6.07, 6.45) is 5.40. The molecule has 0 saturated heterocycles. The lowest BCUT2D eigenvalue weighted by Crippen LogP contribution is -2.48. The first-order chi connectivity index (χ1) is 14.5. The molecular weight excluding hydrogens is 384 g/mol. The number of halogens is 2. The van der Waals surface area contributed by atoms with E-state index in [1.807, 2.05) is 65.2 Å². The second-order valence-electron chi connectivity index (χ2n) is 8.01. The Kier molecular flexibility index (Phi) is 5.41. The number of hydrogen-bond acceptors (Lipinski definition) is 1. The van der Waals surface area contributed by atoms with Crippen LogP contribution in [0.15, 0.2) is 73.1 Å². The fourth-order valence-corrected chi connectivity index (χ4v) is 5.21. The molecule has 1 aliphatic carbocycles. The number of nitrogens with two attached hydrogens (primary N) is 1. The average Bonchev–Trinajstić information content (AvgIpc) is 3.37. The molecule has 0 aliphatic heterocycles. The fraction of sp³-hybridized carbons (Fsp3) is 0.333. The largest absolute Gasteiger partial charge is 0.387 e. The Hall–Kier alpha value is -3.02. The van der Waals surface area contributed by atoms with Crippen molar-refractivity contribution in [3.63, 3.8) is 0 Å². The Labute approximate surface area is 175 Å². The van der Waals surface area contributed by atoms with Crippen molar-refractivity contribution in [1.82, 2.24) is 4.57 Å². The Bertz CT molecular complexity index is 978. The van der Waals surface area contributed by atoms with E-state index in [4.69, 9.17) is 5.73 Å². The quantitative estimate of drug-likeness (QED) is 0.606. The van der Waals surface area contributed by atoms with E-state index >= 15 is 0 Å². The van der Waals surface area contributed by atoms with Gasteiger partial charge in [-0.05, 0) is 36.3 Å². The third-order valence-corrected chi connectivity index (χ3v) is 6.60. The van der Waals surface area contributed by atoms with Crippen LogP contribution in [-0.4, -0.2) is 10.5 Å². The number of rotatable bonds is 6. The van der Waals surface area contributed by atoms with Crippen molar-refractivity contribution in [1.29, 1.82) is 0 Å². The lowest BCUT2D eigenvalue weighted by atomic mass is 9.64. The lowest BCUT2D eigenvalue weighted by molar-refractivity contribution is -0.727. The van der Waals surface area contributed by atoms with Gasteiger partial charge in [0.05, 0.1) is 0 Å². The summed E-state index contributed by atoms with van der Waals surface area (Å²) >= 11 is 0. The zero-order valence-electron chi connectivity index (χ0n) is 16.9. The van der Waals surface area contributed by atoms with Gasteiger partial charge in [-0.3, -0.25) is 4.79 Å². The third kappa shape index (κ3) is 3.20. The van der Waals surface area contributed by atoms with Crippen LogP contribution < -0.4 is 10.3 Å². The van der Waals surface area contributed by atoms with Crippen molar-refractivity contribution < 1.29 is 18.1 Å². The van der Waals surface area contributed by atoms with Crippen molar-refractivity contribution in [3.05, 3.63) is 90.0 Å². The number of benzene rings is 2. The van der Waals surface area contributed by atoms with Crippen LogP contribution in [0.4, 0.5) is 8.78 Å². The summed E-state index contributed by atoms with van der Waals surface area (Å²) in [4.78, 5) is 13.1. The molecule has 0 unspecified atom stereocenters. The van der Waals surface area contributed by atoms with Crippen molar-refractivity contribution in [2.24, 2.45) is 11.7 Å². The topological polar surface area (TPSA) is 51.9 Å². The van der Waals surface area contributed by atoms with Gasteiger partial charge in [-0.1, -0.05) is 60.7 Å². The number of aromatic nitrogens is 2. The highest BCUT2D eigenvalue weighted by Crippen LogP contribution is 2.48. The number of alkyl halides is 2. The van der Waals surface area contributed by atoms with Gasteiger partial charge in [0.1, 0.15) is 23.9 Å². The van der Waals surface area contributed by atoms with Crippen molar-refractivity contribution in [2.45, 2.75) is 44.2 Å². The summed E-state index contributed by atoms with van der Waals surface area (Å²) < 4.78 is 29.3. The Balaban J connectivity index is 1.77. The van der Waals surface area contributed by atoms with Gasteiger partial charge in [0.15, 0.2) is 0 Å². The number of amides is 1. The number of nitrogens with zero attached hydrogens (tertiary/aromatic N) is 2. The first-order valence-corrected chi connectivity index (χ1v) is 10.2. The predicted octanol–water partition coefficient (Wildman–Crippen LogP) is 4.29. The van der Waals surface area contributed by atoms with Crippen LogP contribution in [0.2, 0.25) is 0 Å². The number of carbonyl (C=O) groups is 1. The van der Waals surface area contributed by atoms with Gasteiger partial charge in [-0.2, -0.15) is 13.3 Å². The van der Waals surface area contributed by atoms with Gasteiger partial charge in [0.25, 0.3) is 5.82 Å². The van der Waals surface area contributed by atoms with Crippen LogP contribution in [0, 0.1) is 12.8 Å². The number of hydrogen-bond donors (Lipinski definition) is 1. The summed E-state index contributed by atoms with van der Waals surface area (Å²) in [7, 11) is 0. The van der Waals surface area contributed by atoms with E-state index in [1.54, 1.807) is 13.1 Å². The molecule has 1 amide bonds. The maximum absolute atomic E-state index is 13.2. The zero-order chi connectivity index (χ0) is 21.3. The molecule has 0 bridgehead atoms. The van der Waals surface area contributed by atoms with E-state index in [0.717, 1.165) is 28.5 Å². The third-order valence-electron chi connectivity index (χ3n) is 6.60. The van der Waals surface area contributed by atoms with Crippen LogP contribution in [0.1, 0.15) is 48.8 Å². The van der Waals surface area contributed by atoms with Crippen LogP contribution in [-0.2, 0) is 10.2 Å². The molecule has 4 nitrogen and oxygen atoms in total. The highest BCUT2D eigenvalue weighted by atomic mass is 19.3. The van der Waals surface area contributed by atoms with Gasteiger partial charge < -0.3 is 5.73 Å². The van der Waals surface area contributed by atoms with Gasteiger partial charge in [-0.15, -0.1) is 0 Å². The molecule has 1 heterocycles. The maximum atomic E-state index is 13.2. The molecule has 1 aromatic heterocycles. The van der Waals surface area contributed by atoms with Crippen molar-refractivity contribution >= 4 is 5.91 Å². The first-order valence-electron chi connectivity index (χ1n) is 10.2. The molecule has 0 radical (unpaired) electrons. The van der Waals surface area contributed by atoms with E-state index in [1.165, 1.54) is 6.20 Å². The zero-order valence-corrected chi connectivity index (χ0v) is 16.9. The molecule has 2 aromatic carbocycles. The minimum Gasteiger partial charge on any atom is -0.369 e. The molecule has 3 aromatic rings. The molecular formula is C24H26F2N3O+. The average molecular weight is 410 g/mol. The first kappa shape index (κ1) is 20.3. The van der Waals surface area contributed by atoms with E-state index in [0.29, 0.717) is 12.2 Å². The maximum Gasteiger partial charge on any atom is 0.387 e. The monoisotopic (exact) mass is 410 g/mol. The van der Waals surface area contributed by atoms with Crippen molar-refractivity contribution in [2.75, 3.05) is 0 Å². The Morgan fingerprint density at radius 3 is 2.10 bits per heavy atom. The molecule has 1 saturated carbocycles. The van der Waals surface area contributed by atoms with Gasteiger partial charge in [0, 0.05) is 6.92 Å². The highest BCUT2D eigenvalue weighted by Gasteiger charge is 2.51. The predicted molar refractivity (Wildman–Crippen MR) is 110 cm³/mol. The molecule has 1 fully saturated rings. The summed E-state index contributed by atoms with van der Waals surface area (Å²) in [6, 6.07) is 19.4. The summed E-state index contributed by atoms with van der Waals surface area (Å²) in [5, 5.41) is 0. The molecule has 2 N–H and O–H groups in total. The SMILES string of the molecule is Cc1n(C(F)F)cc[n+]1[C@H]1CC[C@H](C(C(N)=O)(c2ccccc2)c2ccccc2)C1. The van der Waals surface area contributed by atoms with Crippen molar-refractivity contribution in [3.8, 4) is 0 Å². The second kappa shape index (κ2) is 8.01. The molecule has 30 heavy (non-hydrogen) atoms. The van der Waals surface area contributed by atoms with Gasteiger partial charge >= 0.3 is 6.55 Å². The normalized spacial score (nSPS) is 19.3. The van der Waals surface area contributed by atoms with E-state index in [-0.39, 0.29) is 17.9 Å². The van der Waals surface area contributed by atoms with Crippen LogP contribution in [0.25, 0.3) is 0 Å². The van der Waals surface area contributed by atoms with Crippen LogP contribution >= 0.6 is 0 Å². The highest BCUT2D eigenvalue weighted by molar-refractivity contribution is 5.91. The fourth-order valence-electron chi connectivity index (χ4n) is 5.21. The molecule has 1 aliphatic rings. The molecule has 6 heteroatoms. The second-order valence-corrected chi connectivity index (χ2v) is 8.01. The molecule has 4 rings (SSSR count). The Morgan fingerprint density at radius 2 is 1.63 bits per heavy atom. The summed E-state index contributed by atoms with van der Waals surface area (Å²) in [5.41, 5.74) is 6.92. The summed E-state index contributed by atoms with van der Waals surface area (Å²) in [6.45, 7) is -0.864. The molecule has 156 valence electrons. The van der Waals surface area contributed by atoms with E-state index in [2.05, 4.69) is 0 Å². The van der Waals surface area contributed by atoms with Gasteiger partial charge in [0.2, 0.25) is 5.91 Å². The minimum absolute atomic E-state index is 0.0356. The van der Waals surface area contributed by atoms with E-state index < -0.39 is 12.0 Å². The van der Waals surface area contributed by atoms with Crippen LogP contribution in [0.3, 0.4) is 0 Å². The number of primary amides is 1. The molecule has 0 spiro atoms. The van der Waals surface area contributed by atoms with Gasteiger partial charge in [-0.25, -0.2) is 4.57 Å². The standard InChI is InChI=1S/C24H25F2N3O/c1-17-28(14-15-29(17)23(25)26)21-13-12-20(16-21)24(22(27)30,18-8-4-2-5-9-18)19-10-6-3-7-11-19/h2-11,14-15,20-21,23H,12-13,16H2,1H3,(H-,27,30)/p+1/t20-,21-/m0/s1. The molecule has 2 atom stereocenters. The Morgan fingerprint density at radius 1 is 1.07 bits per heavy atom.